The summed E-state index contributed by atoms with van der Waals surface area (Å²) in [6.45, 7) is 5.22. The number of aliphatic imine (C=N–C) groups is 1. The van der Waals surface area contributed by atoms with E-state index in [0.29, 0.717) is 5.56 Å². The first-order valence-electron chi connectivity index (χ1n) is 14.6. The number of carboxylic acids is 1. The largest absolute Gasteiger partial charge is 0.507 e. The van der Waals surface area contributed by atoms with Crippen LogP contribution in [0.15, 0.2) is 26.3 Å². The second-order valence-electron chi connectivity index (χ2n) is 12.0. The zero-order valence-corrected chi connectivity index (χ0v) is 25.3. The number of aliphatic hydroxyl groups is 7. The van der Waals surface area contributed by atoms with Gasteiger partial charge in [-0.05, 0) is 38.8 Å². The summed E-state index contributed by atoms with van der Waals surface area (Å²) in [6.07, 6.45) is -14.1. The summed E-state index contributed by atoms with van der Waals surface area (Å²) in [5, 5.41) is 93.6. The second-order valence-corrected chi connectivity index (χ2v) is 12.0. The quantitative estimate of drug-likeness (QED) is 0.146. The Bertz CT molecular complexity index is 1490. The van der Waals surface area contributed by atoms with Gasteiger partial charge in [0, 0.05) is 24.6 Å². The number of nitrogens with zero attached hydrogens (tertiary/aromatic N) is 1. The molecule has 0 bridgehead atoms. The Balaban J connectivity index is 1.75. The minimum absolute atomic E-state index is 0.0249. The van der Waals surface area contributed by atoms with Gasteiger partial charge in [-0.15, -0.1) is 0 Å². The van der Waals surface area contributed by atoms with Crippen LogP contribution in [0.4, 0.5) is 0 Å². The minimum Gasteiger partial charge on any atom is -0.507 e. The molecule has 15 heteroatoms. The SMILES string of the molecule is CC[C@H](O)[C@H](O)[C@@H]1O[C@](C)(C(=O)O)C[C@H](O)[C@H]1N=C(C)Cc1cc(=O)c2c(C)cc(O)c(C3O[C@@H](CO)[C@H](O)[C@@H](O)[C@@H]3O)c2o1. The van der Waals surface area contributed by atoms with Gasteiger partial charge in [-0.25, -0.2) is 4.79 Å². The van der Waals surface area contributed by atoms with Crippen LogP contribution in [0.5, 0.6) is 5.75 Å². The van der Waals surface area contributed by atoms with Crippen LogP contribution in [0.1, 0.15) is 56.6 Å². The van der Waals surface area contributed by atoms with Gasteiger partial charge in [-0.3, -0.25) is 9.79 Å². The van der Waals surface area contributed by atoms with Crippen molar-refractivity contribution in [3.05, 3.63) is 39.2 Å². The van der Waals surface area contributed by atoms with E-state index in [9.17, 15) is 55.5 Å². The summed E-state index contributed by atoms with van der Waals surface area (Å²) < 4.78 is 17.4. The molecule has 0 aliphatic carbocycles. The Morgan fingerprint density at radius 3 is 2.40 bits per heavy atom. The van der Waals surface area contributed by atoms with Gasteiger partial charge in [-0.1, -0.05) is 6.92 Å². The topological polar surface area (TPSA) is 260 Å². The van der Waals surface area contributed by atoms with Crippen molar-refractivity contribution >= 4 is 22.7 Å². The number of aliphatic carboxylic acids is 1. The number of aliphatic hydroxyl groups excluding tert-OH is 7. The third-order valence-corrected chi connectivity index (χ3v) is 8.57. The molecule has 0 amide bonds. The van der Waals surface area contributed by atoms with E-state index in [4.69, 9.17) is 13.9 Å². The number of carbonyl (C=O) groups is 1. The number of fused-ring (bicyclic) bond motifs is 1. The van der Waals surface area contributed by atoms with E-state index >= 15 is 0 Å². The molecule has 4 rings (SSSR count). The molecular formula is C30H41NO14. The third kappa shape index (κ3) is 6.63. The summed E-state index contributed by atoms with van der Waals surface area (Å²) in [6, 6.07) is 1.25. The molecule has 11 atom stereocenters. The van der Waals surface area contributed by atoms with E-state index < -0.39 is 90.3 Å². The second kappa shape index (κ2) is 13.4. The summed E-state index contributed by atoms with van der Waals surface area (Å²) in [5.41, 5.74) is -2.16. The molecule has 250 valence electrons. The number of hydrogen-bond acceptors (Lipinski definition) is 14. The number of aryl methyl sites for hydroxylation is 1. The third-order valence-electron chi connectivity index (χ3n) is 8.57. The molecular weight excluding hydrogens is 598 g/mol. The van der Waals surface area contributed by atoms with E-state index in [-0.39, 0.29) is 47.3 Å². The molecule has 2 aromatic rings. The zero-order valence-electron chi connectivity index (χ0n) is 25.3. The molecule has 1 aromatic carbocycles. The van der Waals surface area contributed by atoms with Gasteiger partial charge in [0.2, 0.25) is 0 Å². The predicted molar refractivity (Wildman–Crippen MR) is 156 cm³/mol. The zero-order chi connectivity index (χ0) is 33.5. The normalized spacial score (nSPS) is 34.1. The van der Waals surface area contributed by atoms with E-state index in [1.54, 1.807) is 13.8 Å². The number of phenolic OH excluding ortho intramolecular Hbond substituents is 1. The van der Waals surface area contributed by atoms with Crippen molar-refractivity contribution in [2.45, 2.75) is 114 Å². The van der Waals surface area contributed by atoms with Gasteiger partial charge >= 0.3 is 5.97 Å². The van der Waals surface area contributed by atoms with Crippen LogP contribution in [-0.4, -0.2) is 125 Å². The Hall–Kier alpha value is -2.99. The lowest BCUT2D eigenvalue weighted by Crippen LogP contribution is -2.61. The number of rotatable bonds is 9. The van der Waals surface area contributed by atoms with Crippen LogP contribution in [0.2, 0.25) is 0 Å². The fraction of sp³-hybridized carbons (Fsp3) is 0.633. The first kappa shape index (κ1) is 34.9. The Morgan fingerprint density at radius 2 is 1.80 bits per heavy atom. The molecule has 1 aromatic heterocycles. The lowest BCUT2D eigenvalue weighted by atomic mass is 9.84. The van der Waals surface area contributed by atoms with Gasteiger partial charge in [0.05, 0.1) is 29.8 Å². The Morgan fingerprint density at radius 1 is 1.13 bits per heavy atom. The molecule has 0 spiro atoms. The summed E-state index contributed by atoms with van der Waals surface area (Å²) >= 11 is 0. The van der Waals surface area contributed by atoms with E-state index in [1.165, 1.54) is 26.0 Å². The van der Waals surface area contributed by atoms with Crippen LogP contribution >= 0.6 is 0 Å². The maximum atomic E-state index is 13.3. The minimum atomic E-state index is -1.86. The standard InChI is InChI=1S/C30H41NO14/c1-5-14(33)22(37)28-21(17(36)9-30(4,45-28)29(41)42)31-12(3)7-13-8-16(35)19-11(2)6-15(34)20(26(19)43-13)27-25(40)24(39)23(38)18(10-32)44-27/h6,8,14,17-18,21-25,27-28,32-34,36-40H,5,7,9-10H2,1-4H3,(H,41,42)/t14-,17-,18-,21+,22-,23-,24+,25-,27?,28+,30-/m0/s1. The van der Waals surface area contributed by atoms with E-state index in [2.05, 4.69) is 4.99 Å². The first-order chi connectivity index (χ1) is 21.0. The summed E-state index contributed by atoms with van der Waals surface area (Å²) in [7, 11) is 0. The highest BCUT2D eigenvalue weighted by Gasteiger charge is 2.52. The van der Waals surface area contributed by atoms with Crippen molar-refractivity contribution in [3.8, 4) is 5.75 Å². The summed E-state index contributed by atoms with van der Waals surface area (Å²) in [5.74, 6) is -1.78. The van der Waals surface area contributed by atoms with E-state index in [1.807, 2.05) is 0 Å². The smallest absolute Gasteiger partial charge is 0.335 e. The highest BCUT2D eigenvalue weighted by molar-refractivity contribution is 5.87. The summed E-state index contributed by atoms with van der Waals surface area (Å²) in [4.78, 5) is 29.7. The lowest BCUT2D eigenvalue weighted by molar-refractivity contribution is -0.231. The van der Waals surface area contributed by atoms with Gasteiger partial charge in [0.25, 0.3) is 0 Å². The number of benzene rings is 1. The van der Waals surface area contributed by atoms with E-state index in [0.717, 1.165) is 0 Å². The van der Waals surface area contributed by atoms with Crippen LogP contribution in [-0.2, 0) is 20.7 Å². The van der Waals surface area contributed by atoms with Gasteiger partial charge < -0.3 is 59.8 Å². The molecule has 15 nitrogen and oxygen atoms in total. The highest BCUT2D eigenvalue weighted by Crippen LogP contribution is 2.41. The number of hydrogen-bond donors (Lipinski definition) is 9. The molecule has 9 N–H and O–H groups in total. The number of phenols is 1. The number of aromatic hydroxyl groups is 1. The van der Waals surface area contributed by atoms with Crippen molar-refractivity contribution < 1.29 is 64.6 Å². The van der Waals surface area contributed by atoms with Crippen molar-refractivity contribution in [2.75, 3.05) is 6.61 Å². The molecule has 0 radical (unpaired) electrons. The maximum Gasteiger partial charge on any atom is 0.335 e. The number of carboxylic acid groups (broad SMARTS) is 1. The Labute approximate surface area is 257 Å². The highest BCUT2D eigenvalue weighted by atomic mass is 16.6. The fourth-order valence-electron chi connectivity index (χ4n) is 6.02. The molecule has 2 aliphatic heterocycles. The molecule has 3 heterocycles. The molecule has 2 aliphatic rings. The van der Waals surface area contributed by atoms with Crippen LogP contribution < -0.4 is 5.43 Å². The average molecular weight is 640 g/mol. The number of ether oxygens (including phenoxy) is 2. The first-order valence-corrected chi connectivity index (χ1v) is 14.6. The van der Waals surface area contributed by atoms with Gasteiger partial charge in [0.1, 0.15) is 65.9 Å². The average Bonchev–Trinajstić information content (AvgIpc) is 2.96. The predicted octanol–water partition coefficient (Wildman–Crippen LogP) is -1.18. The molecule has 2 fully saturated rings. The molecule has 0 saturated carbocycles. The molecule has 45 heavy (non-hydrogen) atoms. The lowest BCUT2D eigenvalue weighted by Gasteiger charge is -2.44. The van der Waals surface area contributed by atoms with Gasteiger partial charge in [-0.2, -0.15) is 0 Å². The molecule has 2 saturated heterocycles. The van der Waals surface area contributed by atoms with Crippen LogP contribution in [0, 0.1) is 6.92 Å². The fourth-order valence-corrected chi connectivity index (χ4v) is 6.02. The van der Waals surface area contributed by atoms with Crippen molar-refractivity contribution in [3.63, 3.8) is 0 Å². The van der Waals surface area contributed by atoms with Crippen molar-refractivity contribution in [1.29, 1.82) is 0 Å². The van der Waals surface area contributed by atoms with Crippen LogP contribution in [0.25, 0.3) is 11.0 Å². The van der Waals surface area contributed by atoms with Crippen molar-refractivity contribution in [2.24, 2.45) is 4.99 Å². The van der Waals surface area contributed by atoms with Crippen LogP contribution in [0.3, 0.4) is 0 Å². The maximum absolute atomic E-state index is 13.3. The van der Waals surface area contributed by atoms with Crippen molar-refractivity contribution in [1.82, 2.24) is 0 Å². The monoisotopic (exact) mass is 639 g/mol. The Kier molecular flexibility index (Phi) is 10.4. The van der Waals surface area contributed by atoms with Gasteiger partial charge in [0.15, 0.2) is 11.0 Å². The molecule has 1 unspecified atom stereocenters.